The molecule has 0 fully saturated rings. The zero-order chi connectivity index (χ0) is 12.7. The molecule has 2 N–H and O–H groups in total. The van der Waals surface area contributed by atoms with E-state index in [4.69, 9.17) is 5.73 Å². The van der Waals surface area contributed by atoms with Crippen molar-refractivity contribution in [2.75, 3.05) is 0 Å². The number of primary amides is 1. The number of carbonyl (C=O) groups excluding carboxylic acids is 2. The van der Waals surface area contributed by atoms with Crippen molar-refractivity contribution >= 4 is 12.2 Å². The third kappa shape index (κ3) is 1.31. The fraction of sp³-hybridized carbons (Fsp3) is 0.0667. The summed E-state index contributed by atoms with van der Waals surface area (Å²) in [6.07, 6.45) is 0.818. The topological polar surface area (TPSA) is 60.2 Å². The minimum absolute atomic E-state index is 0.385. The molecule has 0 saturated carbocycles. The summed E-state index contributed by atoms with van der Waals surface area (Å²) in [6, 6.07) is 13.0. The molecule has 0 aliphatic heterocycles. The van der Waals surface area contributed by atoms with Crippen molar-refractivity contribution in [3.8, 4) is 11.1 Å². The predicted octanol–water partition coefficient (Wildman–Crippen LogP) is 2.10. The first-order valence-corrected chi connectivity index (χ1v) is 5.70. The maximum absolute atomic E-state index is 11.7. The molecular weight excluding hydrogens is 226 g/mol. The Bertz CT molecular complexity index is 661. The standard InChI is InChI=1S/C15H11NO2/c16-15(18)14-11-6-2-1-5-10(11)13-9(8-17)4-3-7-12(13)14/h1-8,14H,(H2,16,18)/t14-/m1/s1. The Morgan fingerprint density at radius 2 is 1.78 bits per heavy atom. The Morgan fingerprint density at radius 3 is 2.50 bits per heavy atom. The highest BCUT2D eigenvalue weighted by Gasteiger charge is 2.33. The van der Waals surface area contributed by atoms with Crippen LogP contribution in [0.1, 0.15) is 27.4 Å². The molecule has 88 valence electrons. The highest BCUT2D eigenvalue weighted by Crippen LogP contribution is 2.45. The molecule has 2 aromatic carbocycles. The Morgan fingerprint density at radius 1 is 1.06 bits per heavy atom. The summed E-state index contributed by atoms with van der Waals surface area (Å²) in [4.78, 5) is 22.8. The van der Waals surface area contributed by atoms with Crippen LogP contribution in [0.25, 0.3) is 11.1 Å². The van der Waals surface area contributed by atoms with Gasteiger partial charge in [0.2, 0.25) is 5.91 Å². The van der Waals surface area contributed by atoms with E-state index in [0.717, 1.165) is 28.5 Å². The van der Waals surface area contributed by atoms with Gasteiger partial charge in [0, 0.05) is 5.56 Å². The van der Waals surface area contributed by atoms with E-state index in [9.17, 15) is 9.59 Å². The van der Waals surface area contributed by atoms with E-state index in [-0.39, 0.29) is 5.91 Å². The molecule has 0 unspecified atom stereocenters. The van der Waals surface area contributed by atoms with Crippen molar-refractivity contribution in [1.29, 1.82) is 0 Å². The quantitative estimate of drug-likeness (QED) is 0.813. The van der Waals surface area contributed by atoms with Gasteiger partial charge in [0.15, 0.2) is 6.29 Å². The number of carbonyl (C=O) groups is 2. The molecule has 3 heteroatoms. The van der Waals surface area contributed by atoms with Gasteiger partial charge in [-0.2, -0.15) is 0 Å². The molecule has 3 nitrogen and oxygen atoms in total. The monoisotopic (exact) mass is 237 g/mol. The SMILES string of the molecule is NC(=O)[C@@H]1c2ccccc2-c2c(C=O)cccc21. The van der Waals surface area contributed by atoms with Gasteiger partial charge in [-0.15, -0.1) is 0 Å². The number of aldehydes is 1. The van der Waals surface area contributed by atoms with Crippen molar-refractivity contribution in [2.24, 2.45) is 5.73 Å². The molecule has 2 aromatic rings. The van der Waals surface area contributed by atoms with E-state index in [0.29, 0.717) is 5.56 Å². The fourth-order valence-corrected chi connectivity index (χ4v) is 2.69. The van der Waals surface area contributed by atoms with Gasteiger partial charge in [0.25, 0.3) is 0 Å². The summed E-state index contributed by atoms with van der Waals surface area (Å²) in [6.45, 7) is 0. The molecule has 0 spiro atoms. The molecule has 0 saturated heterocycles. The van der Waals surface area contributed by atoms with Crippen LogP contribution in [0.5, 0.6) is 0 Å². The summed E-state index contributed by atoms with van der Waals surface area (Å²) in [5.41, 5.74) is 9.57. The Kier molecular flexibility index (Phi) is 2.27. The van der Waals surface area contributed by atoms with Crippen molar-refractivity contribution in [3.63, 3.8) is 0 Å². The Balaban J connectivity index is 2.39. The van der Waals surface area contributed by atoms with Crippen LogP contribution in [0.4, 0.5) is 0 Å². The number of fused-ring (bicyclic) bond motifs is 3. The van der Waals surface area contributed by atoms with Gasteiger partial charge in [-0.3, -0.25) is 9.59 Å². The second-order valence-electron chi connectivity index (χ2n) is 4.35. The van der Waals surface area contributed by atoms with Crippen molar-refractivity contribution < 1.29 is 9.59 Å². The molecule has 1 atom stereocenters. The van der Waals surface area contributed by atoms with Gasteiger partial charge >= 0.3 is 0 Å². The van der Waals surface area contributed by atoms with E-state index >= 15 is 0 Å². The number of hydrogen-bond donors (Lipinski definition) is 1. The Labute approximate surface area is 104 Å². The minimum atomic E-state index is -0.448. The van der Waals surface area contributed by atoms with Gasteiger partial charge in [-0.1, -0.05) is 42.5 Å². The van der Waals surface area contributed by atoms with Gasteiger partial charge < -0.3 is 5.73 Å². The molecule has 0 radical (unpaired) electrons. The fourth-order valence-electron chi connectivity index (χ4n) is 2.69. The van der Waals surface area contributed by atoms with Crippen molar-refractivity contribution in [3.05, 3.63) is 59.2 Å². The van der Waals surface area contributed by atoms with Crippen LogP contribution in [0.15, 0.2) is 42.5 Å². The molecule has 0 aromatic heterocycles. The van der Waals surface area contributed by atoms with Crippen LogP contribution >= 0.6 is 0 Å². The normalized spacial score (nSPS) is 15.9. The lowest BCUT2D eigenvalue weighted by Crippen LogP contribution is -2.20. The van der Waals surface area contributed by atoms with E-state index in [1.54, 1.807) is 12.1 Å². The van der Waals surface area contributed by atoms with E-state index in [1.807, 2.05) is 30.3 Å². The van der Waals surface area contributed by atoms with Crippen LogP contribution in [0.2, 0.25) is 0 Å². The number of rotatable bonds is 2. The minimum Gasteiger partial charge on any atom is -0.369 e. The smallest absolute Gasteiger partial charge is 0.229 e. The lowest BCUT2D eigenvalue weighted by Gasteiger charge is -2.08. The van der Waals surface area contributed by atoms with Crippen LogP contribution in [0, 0.1) is 0 Å². The van der Waals surface area contributed by atoms with Crippen LogP contribution in [-0.2, 0) is 4.79 Å². The first-order valence-electron chi connectivity index (χ1n) is 5.70. The lowest BCUT2D eigenvalue weighted by atomic mass is 9.95. The molecular formula is C15H11NO2. The molecule has 0 bridgehead atoms. The summed E-state index contributed by atoms with van der Waals surface area (Å²) in [5.74, 6) is -0.833. The summed E-state index contributed by atoms with van der Waals surface area (Å²) >= 11 is 0. The maximum atomic E-state index is 11.7. The van der Waals surface area contributed by atoms with E-state index in [1.165, 1.54) is 0 Å². The van der Waals surface area contributed by atoms with E-state index < -0.39 is 5.92 Å². The molecule has 1 amide bonds. The second-order valence-corrected chi connectivity index (χ2v) is 4.35. The van der Waals surface area contributed by atoms with Gasteiger partial charge in [0.1, 0.15) is 0 Å². The van der Waals surface area contributed by atoms with Crippen LogP contribution in [0.3, 0.4) is 0 Å². The highest BCUT2D eigenvalue weighted by molar-refractivity contribution is 6.00. The summed E-state index contributed by atoms with van der Waals surface area (Å²) in [7, 11) is 0. The Hall–Kier alpha value is -2.42. The first-order chi connectivity index (χ1) is 8.74. The van der Waals surface area contributed by atoms with Crippen molar-refractivity contribution in [2.45, 2.75) is 5.92 Å². The zero-order valence-electron chi connectivity index (χ0n) is 9.59. The predicted molar refractivity (Wildman–Crippen MR) is 68.3 cm³/mol. The van der Waals surface area contributed by atoms with Crippen molar-refractivity contribution in [1.82, 2.24) is 0 Å². The first kappa shape index (κ1) is 10.7. The average Bonchev–Trinajstić information content (AvgIpc) is 2.73. The number of amides is 1. The number of benzene rings is 2. The lowest BCUT2D eigenvalue weighted by molar-refractivity contribution is -0.118. The molecule has 0 heterocycles. The van der Waals surface area contributed by atoms with Gasteiger partial charge in [-0.25, -0.2) is 0 Å². The molecule has 1 aliphatic rings. The molecule has 1 aliphatic carbocycles. The van der Waals surface area contributed by atoms with Gasteiger partial charge in [-0.05, 0) is 22.3 Å². The van der Waals surface area contributed by atoms with Crippen LogP contribution in [-0.4, -0.2) is 12.2 Å². The zero-order valence-corrected chi connectivity index (χ0v) is 9.59. The maximum Gasteiger partial charge on any atom is 0.229 e. The number of hydrogen-bond acceptors (Lipinski definition) is 2. The largest absolute Gasteiger partial charge is 0.369 e. The van der Waals surface area contributed by atoms with Gasteiger partial charge in [0.05, 0.1) is 5.92 Å². The molecule has 18 heavy (non-hydrogen) atoms. The van der Waals surface area contributed by atoms with E-state index in [2.05, 4.69) is 0 Å². The van der Waals surface area contributed by atoms with Crippen LogP contribution < -0.4 is 5.73 Å². The molecule has 3 rings (SSSR count). The second kappa shape index (κ2) is 3.81. The third-order valence-electron chi connectivity index (χ3n) is 3.39. The third-order valence-corrected chi connectivity index (χ3v) is 3.39. The summed E-state index contributed by atoms with van der Waals surface area (Å²) < 4.78 is 0. The number of nitrogens with two attached hydrogens (primary N) is 1. The highest BCUT2D eigenvalue weighted by atomic mass is 16.1. The average molecular weight is 237 g/mol. The summed E-state index contributed by atoms with van der Waals surface area (Å²) in [5, 5.41) is 0.